The van der Waals surface area contributed by atoms with Crippen LogP contribution in [0.4, 0.5) is 8.78 Å². The number of fused-ring (bicyclic) bond motifs is 1. The highest BCUT2D eigenvalue weighted by Crippen LogP contribution is 2.41. The minimum atomic E-state index is -1.30. The number of halogens is 2. The van der Waals surface area contributed by atoms with Gasteiger partial charge in [-0.2, -0.15) is 4.39 Å². The number of hydrogen-bond acceptors (Lipinski definition) is 3. The van der Waals surface area contributed by atoms with E-state index in [4.69, 9.17) is 4.74 Å². The molecule has 1 aliphatic carbocycles. The van der Waals surface area contributed by atoms with Gasteiger partial charge in [-0.3, -0.25) is 4.79 Å². The van der Waals surface area contributed by atoms with E-state index in [0.29, 0.717) is 12.8 Å². The summed E-state index contributed by atoms with van der Waals surface area (Å²) in [5.41, 5.74) is -0.945. The Morgan fingerprint density at radius 1 is 1.38 bits per heavy atom. The third-order valence-electron chi connectivity index (χ3n) is 3.52. The Kier molecular flexibility index (Phi) is 2.93. The van der Waals surface area contributed by atoms with Crippen LogP contribution in [0.3, 0.4) is 0 Å². The van der Waals surface area contributed by atoms with Crippen molar-refractivity contribution in [2.45, 2.75) is 18.9 Å². The lowest BCUT2D eigenvalue weighted by Crippen LogP contribution is -2.18. The van der Waals surface area contributed by atoms with Crippen molar-refractivity contribution in [1.29, 1.82) is 0 Å². The summed E-state index contributed by atoms with van der Waals surface area (Å²) in [6.07, 6.45) is 1.42. The minimum Gasteiger partial charge on any atom is -0.491 e. The molecule has 7 heteroatoms. The molecular formula is C14H11F2NO4. The summed E-state index contributed by atoms with van der Waals surface area (Å²) in [7, 11) is 1.15. The average molecular weight is 295 g/mol. The number of hydrogen-bond donors (Lipinski definition) is 1. The van der Waals surface area contributed by atoms with Gasteiger partial charge in [0.15, 0.2) is 17.0 Å². The largest absolute Gasteiger partial charge is 0.491 e. The normalized spacial score (nSPS) is 14.4. The van der Waals surface area contributed by atoms with Crippen LogP contribution >= 0.6 is 0 Å². The van der Waals surface area contributed by atoms with Crippen molar-refractivity contribution in [3.63, 3.8) is 0 Å². The fourth-order valence-electron chi connectivity index (χ4n) is 2.48. The molecule has 0 amide bonds. The zero-order valence-corrected chi connectivity index (χ0v) is 11.0. The van der Waals surface area contributed by atoms with Crippen LogP contribution in [0.2, 0.25) is 0 Å². The van der Waals surface area contributed by atoms with E-state index in [1.165, 1.54) is 4.57 Å². The van der Waals surface area contributed by atoms with Gasteiger partial charge in [0.05, 0.1) is 18.0 Å². The molecule has 110 valence electrons. The molecule has 5 nitrogen and oxygen atoms in total. The molecule has 0 saturated heterocycles. The zero-order chi connectivity index (χ0) is 15.3. The van der Waals surface area contributed by atoms with Gasteiger partial charge >= 0.3 is 5.97 Å². The maximum Gasteiger partial charge on any atom is 0.352 e. The van der Waals surface area contributed by atoms with E-state index in [2.05, 4.69) is 0 Å². The van der Waals surface area contributed by atoms with Crippen molar-refractivity contribution in [3.05, 3.63) is 39.7 Å². The van der Waals surface area contributed by atoms with Crippen LogP contribution in [0, 0.1) is 11.6 Å². The fourth-order valence-corrected chi connectivity index (χ4v) is 2.48. The predicted molar refractivity (Wildman–Crippen MR) is 69.9 cm³/mol. The monoisotopic (exact) mass is 295 g/mol. The minimum absolute atomic E-state index is 0.0104. The second-order valence-corrected chi connectivity index (χ2v) is 4.90. The molecule has 0 unspecified atom stereocenters. The number of pyridine rings is 1. The highest BCUT2D eigenvalue weighted by Gasteiger charge is 2.31. The fraction of sp³-hybridized carbons (Fsp3) is 0.286. The number of nitrogens with zero attached hydrogens (tertiary/aromatic N) is 1. The lowest BCUT2D eigenvalue weighted by molar-refractivity contribution is 0.0684. The van der Waals surface area contributed by atoms with Crippen molar-refractivity contribution >= 4 is 16.9 Å². The third-order valence-corrected chi connectivity index (χ3v) is 3.52. The van der Waals surface area contributed by atoms with Gasteiger partial charge < -0.3 is 14.4 Å². The summed E-state index contributed by atoms with van der Waals surface area (Å²) in [5, 5.41) is 9.15. The van der Waals surface area contributed by atoms with Gasteiger partial charge in [-0.1, -0.05) is 0 Å². The predicted octanol–water partition coefficient (Wildman–Crippen LogP) is 2.32. The Morgan fingerprint density at radius 3 is 2.57 bits per heavy atom. The van der Waals surface area contributed by atoms with Crippen molar-refractivity contribution in [2.24, 2.45) is 0 Å². The molecule has 1 aromatic carbocycles. The van der Waals surface area contributed by atoms with E-state index in [1.54, 1.807) is 0 Å². The quantitative estimate of drug-likeness (QED) is 0.943. The molecule has 0 spiro atoms. The van der Waals surface area contributed by atoms with Crippen molar-refractivity contribution < 1.29 is 23.4 Å². The number of carbonyl (C=O) groups is 1. The van der Waals surface area contributed by atoms with E-state index >= 15 is 0 Å². The van der Waals surface area contributed by atoms with Crippen molar-refractivity contribution in [1.82, 2.24) is 4.57 Å². The molecule has 0 bridgehead atoms. The third kappa shape index (κ3) is 1.96. The zero-order valence-electron chi connectivity index (χ0n) is 11.0. The first-order valence-corrected chi connectivity index (χ1v) is 6.30. The number of carboxylic acids is 1. The van der Waals surface area contributed by atoms with E-state index in [-0.39, 0.29) is 22.6 Å². The van der Waals surface area contributed by atoms with E-state index < -0.39 is 28.8 Å². The van der Waals surface area contributed by atoms with Gasteiger partial charge in [-0.15, -0.1) is 0 Å². The molecule has 0 aliphatic heterocycles. The van der Waals surface area contributed by atoms with Crippen LogP contribution in [0.25, 0.3) is 10.9 Å². The van der Waals surface area contributed by atoms with Gasteiger partial charge in [-0.05, 0) is 18.9 Å². The van der Waals surface area contributed by atoms with Gasteiger partial charge in [0.25, 0.3) is 0 Å². The number of carboxylic acid groups (broad SMARTS) is 1. The molecule has 21 heavy (non-hydrogen) atoms. The van der Waals surface area contributed by atoms with Crippen LogP contribution in [0.1, 0.15) is 29.4 Å². The SMILES string of the molecule is COc1c(F)c(F)cc2c(=O)cc(C(=O)O)n(C3CC3)c12. The number of methoxy groups -OCH3 is 1. The number of rotatable bonds is 3. The summed E-state index contributed by atoms with van der Waals surface area (Å²) in [6.45, 7) is 0. The van der Waals surface area contributed by atoms with Crippen LogP contribution in [0.15, 0.2) is 16.9 Å². The van der Waals surface area contributed by atoms with Crippen molar-refractivity contribution in [3.8, 4) is 5.75 Å². The molecule has 3 rings (SSSR count). The van der Waals surface area contributed by atoms with Gasteiger partial charge in [0.1, 0.15) is 5.69 Å². The first-order valence-electron chi connectivity index (χ1n) is 6.30. The van der Waals surface area contributed by atoms with Crippen LogP contribution in [0.5, 0.6) is 5.75 Å². The van der Waals surface area contributed by atoms with Gasteiger partial charge in [0, 0.05) is 12.1 Å². The molecule has 1 heterocycles. The Morgan fingerprint density at radius 2 is 2.05 bits per heavy atom. The second kappa shape index (κ2) is 4.54. The second-order valence-electron chi connectivity index (χ2n) is 4.90. The molecule has 1 saturated carbocycles. The maximum atomic E-state index is 13.9. The number of aromatic carboxylic acids is 1. The highest BCUT2D eigenvalue weighted by molar-refractivity contribution is 5.93. The van der Waals surface area contributed by atoms with Gasteiger partial charge in [0.2, 0.25) is 5.82 Å². The van der Waals surface area contributed by atoms with E-state index in [0.717, 1.165) is 19.2 Å². The Balaban J connectivity index is 2.56. The molecule has 2 aromatic rings. The lowest BCUT2D eigenvalue weighted by atomic mass is 10.1. The summed E-state index contributed by atoms with van der Waals surface area (Å²) in [4.78, 5) is 23.3. The number of aromatic nitrogens is 1. The molecule has 1 N–H and O–H groups in total. The first kappa shape index (κ1) is 13.5. The number of ether oxygens (including phenoxy) is 1. The summed E-state index contributed by atoms with van der Waals surface area (Å²) in [6, 6.07) is 1.55. The standard InChI is InChI=1S/C14H11F2NO4/c1-21-13-11(16)8(15)4-7-10(18)5-9(14(19)20)17(12(7)13)6-2-3-6/h4-6H,2-3H2,1H3,(H,19,20). The van der Waals surface area contributed by atoms with Crippen LogP contribution < -0.4 is 10.2 Å². The Bertz CT molecular complexity index is 824. The highest BCUT2D eigenvalue weighted by atomic mass is 19.2. The van der Waals surface area contributed by atoms with Crippen LogP contribution in [-0.2, 0) is 0 Å². The topological polar surface area (TPSA) is 68.5 Å². The summed E-state index contributed by atoms with van der Waals surface area (Å²) < 4.78 is 33.7. The van der Waals surface area contributed by atoms with Crippen LogP contribution in [-0.4, -0.2) is 22.8 Å². The van der Waals surface area contributed by atoms with E-state index in [9.17, 15) is 23.5 Å². The summed E-state index contributed by atoms with van der Waals surface area (Å²) in [5.74, 6) is -4.19. The molecule has 1 fully saturated rings. The molecule has 0 atom stereocenters. The summed E-state index contributed by atoms with van der Waals surface area (Å²) >= 11 is 0. The average Bonchev–Trinajstić information content (AvgIpc) is 3.25. The number of benzene rings is 1. The molecule has 1 aliphatic rings. The van der Waals surface area contributed by atoms with E-state index in [1.807, 2.05) is 0 Å². The maximum absolute atomic E-state index is 13.9. The first-order chi connectivity index (χ1) is 9.95. The Hall–Kier alpha value is -2.44. The lowest BCUT2D eigenvalue weighted by Gasteiger charge is -2.17. The molecule has 1 aromatic heterocycles. The smallest absolute Gasteiger partial charge is 0.352 e. The molecular weight excluding hydrogens is 284 g/mol. The molecule has 0 radical (unpaired) electrons. The Labute approximate surface area is 117 Å². The van der Waals surface area contributed by atoms with Crippen molar-refractivity contribution in [2.75, 3.05) is 7.11 Å². The van der Waals surface area contributed by atoms with Gasteiger partial charge in [-0.25, -0.2) is 9.18 Å².